The smallest absolute Gasteiger partial charge is 0.306 e. The highest BCUT2D eigenvalue weighted by atomic mass is 28.3. The zero-order valence-corrected chi connectivity index (χ0v) is 14.6. The van der Waals surface area contributed by atoms with Gasteiger partial charge < -0.3 is 4.74 Å². The first-order valence-electron chi connectivity index (χ1n) is 7.71. The van der Waals surface area contributed by atoms with Crippen LogP contribution in [0.4, 0.5) is 0 Å². The number of ether oxygens (including phenoxy) is 1. The van der Waals surface area contributed by atoms with Crippen molar-refractivity contribution in [3.8, 4) is 0 Å². The summed E-state index contributed by atoms with van der Waals surface area (Å²) in [4.78, 5) is 12.6. The van der Waals surface area contributed by atoms with Crippen molar-refractivity contribution in [2.45, 2.75) is 38.2 Å². The summed E-state index contributed by atoms with van der Waals surface area (Å²) in [5.41, 5.74) is 2.22. The lowest BCUT2D eigenvalue weighted by Crippen LogP contribution is -2.36. The number of benzene rings is 2. The summed E-state index contributed by atoms with van der Waals surface area (Å²) in [5, 5.41) is 0. The molecule has 0 aliphatic carbocycles. The molecular formula is C19H24O2Si. The molecular weight excluding hydrogens is 288 g/mol. The van der Waals surface area contributed by atoms with Crippen molar-refractivity contribution in [1.29, 1.82) is 0 Å². The number of esters is 1. The Kier molecular flexibility index (Phi) is 5.55. The van der Waals surface area contributed by atoms with Crippen LogP contribution >= 0.6 is 0 Å². The fourth-order valence-electron chi connectivity index (χ4n) is 2.42. The Morgan fingerprint density at radius 3 is 1.91 bits per heavy atom. The van der Waals surface area contributed by atoms with Crippen LogP contribution in [-0.4, -0.2) is 14.0 Å². The van der Waals surface area contributed by atoms with Crippen molar-refractivity contribution < 1.29 is 9.53 Å². The largest absolute Gasteiger partial charge is 0.461 e. The summed E-state index contributed by atoms with van der Waals surface area (Å²) in [6.45, 7) is 7.04. The van der Waals surface area contributed by atoms with E-state index in [1.807, 2.05) is 48.5 Å². The molecule has 2 aromatic carbocycles. The second kappa shape index (κ2) is 7.41. The molecule has 0 saturated heterocycles. The molecule has 0 N–H and O–H groups in total. The molecule has 0 radical (unpaired) electrons. The van der Waals surface area contributed by atoms with Gasteiger partial charge in [0.1, 0.15) is 6.61 Å². The lowest BCUT2D eigenvalue weighted by Gasteiger charge is -2.27. The van der Waals surface area contributed by atoms with Crippen molar-refractivity contribution in [3.05, 3.63) is 71.8 Å². The molecule has 2 rings (SSSR count). The summed E-state index contributed by atoms with van der Waals surface area (Å²) in [6, 6.07) is 20.0. The summed E-state index contributed by atoms with van der Waals surface area (Å²) in [6.07, 6.45) is 0.768. The molecule has 0 aromatic heterocycles. The molecule has 22 heavy (non-hydrogen) atoms. The van der Waals surface area contributed by atoms with E-state index in [1.165, 1.54) is 5.56 Å². The Hall–Kier alpha value is -1.87. The minimum atomic E-state index is -1.65. The topological polar surface area (TPSA) is 26.3 Å². The number of carbonyl (C=O) groups excluding carboxylic acids is 1. The van der Waals surface area contributed by atoms with Crippen molar-refractivity contribution >= 4 is 14.0 Å². The van der Waals surface area contributed by atoms with Gasteiger partial charge in [0.05, 0.1) is 13.6 Å². The fraction of sp³-hybridized carbons (Fsp3) is 0.316. The van der Waals surface area contributed by atoms with Crippen LogP contribution in [-0.2, 0) is 22.6 Å². The van der Waals surface area contributed by atoms with Crippen LogP contribution in [0.2, 0.25) is 25.2 Å². The second-order valence-corrected chi connectivity index (χ2v) is 12.1. The van der Waals surface area contributed by atoms with Crippen LogP contribution < -0.4 is 0 Å². The van der Waals surface area contributed by atoms with Gasteiger partial charge in [-0.25, -0.2) is 0 Å². The van der Waals surface area contributed by atoms with Crippen LogP contribution in [0.15, 0.2) is 60.7 Å². The quantitative estimate of drug-likeness (QED) is 0.572. The number of hydrogen-bond donors (Lipinski definition) is 0. The predicted molar refractivity (Wildman–Crippen MR) is 93.5 cm³/mol. The van der Waals surface area contributed by atoms with Crippen molar-refractivity contribution in [2.75, 3.05) is 0 Å². The maximum atomic E-state index is 12.6. The minimum Gasteiger partial charge on any atom is -0.461 e. The molecule has 0 aliphatic heterocycles. The average Bonchev–Trinajstić information content (AvgIpc) is 2.51. The zero-order valence-electron chi connectivity index (χ0n) is 13.6. The van der Waals surface area contributed by atoms with E-state index in [4.69, 9.17) is 4.74 Å². The van der Waals surface area contributed by atoms with E-state index < -0.39 is 8.07 Å². The fourth-order valence-corrected chi connectivity index (χ4v) is 4.06. The standard InChI is InChI=1S/C19H24O2Si/c1-22(2,3)18(14-16-10-6-4-7-11-16)19(20)21-15-17-12-8-5-9-13-17/h4-13,18H,14-15H2,1-3H3/t18-/m0/s1. The lowest BCUT2D eigenvalue weighted by atomic mass is 10.1. The number of carbonyl (C=O) groups is 1. The van der Waals surface area contributed by atoms with E-state index in [1.54, 1.807) is 0 Å². The molecule has 0 bridgehead atoms. The third-order valence-electron chi connectivity index (χ3n) is 3.84. The van der Waals surface area contributed by atoms with Gasteiger partial charge in [-0.1, -0.05) is 80.3 Å². The maximum Gasteiger partial charge on any atom is 0.306 e. The first-order chi connectivity index (χ1) is 10.5. The van der Waals surface area contributed by atoms with Crippen LogP contribution in [0.1, 0.15) is 11.1 Å². The van der Waals surface area contributed by atoms with E-state index in [0.29, 0.717) is 6.61 Å². The summed E-state index contributed by atoms with van der Waals surface area (Å²) >= 11 is 0. The molecule has 0 fully saturated rings. The van der Waals surface area contributed by atoms with Gasteiger partial charge in [-0.05, 0) is 17.5 Å². The van der Waals surface area contributed by atoms with E-state index in [2.05, 4.69) is 31.8 Å². The highest BCUT2D eigenvalue weighted by Crippen LogP contribution is 2.28. The van der Waals surface area contributed by atoms with Gasteiger partial charge in [0.25, 0.3) is 0 Å². The molecule has 0 spiro atoms. The van der Waals surface area contributed by atoms with Crippen LogP contribution in [0.5, 0.6) is 0 Å². The Labute approximate surface area is 134 Å². The predicted octanol–water partition coefficient (Wildman–Crippen LogP) is 4.68. The summed E-state index contributed by atoms with van der Waals surface area (Å²) in [5.74, 6) is -0.0631. The van der Waals surface area contributed by atoms with Gasteiger partial charge in [0, 0.05) is 0 Å². The molecule has 3 heteroatoms. The minimum absolute atomic E-state index is 0.0152. The van der Waals surface area contributed by atoms with Gasteiger partial charge in [0.2, 0.25) is 0 Å². The van der Waals surface area contributed by atoms with Gasteiger partial charge in [-0.15, -0.1) is 0 Å². The molecule has 2 nitrogen and oxygen atoms in total. The molecule has 2 aromatic rings. The maximum absolute atomic E-state index is 12.6. The first kappa shape index (κ1) is 16.5. The van der Waals surface area contributed by atoms with Crippen molar-refractivity contribution in [1.82, 2.24) is 0 Å². The third kappa shape index (κ3) is 4.85. The van der Waals surface area contributed by atoms with E-state index >= 15 is 0 Å². The third-order valence-corrected chi connectivity index (χ3v) is 6.37. The van der Waals surface area contributed by atoms with Gasteiger partial charge in [0.15, 0.2) is 0 Å². The average molecular weight is 312 g/mol. The normalized spacial score (nSPS) is 12.7. The summed E-state index contributed by atoms with van der Waals surface area (Å²) in [7, 11) is -1.65. The van der Waals surface area contributed by atoms with E-state index in [0.717, 1.165) is 12.0 Å². The number of hydrogen-bond acceptors (Lipinski definition) is 2. The molecule has 0 aliphatic rings. The zero-order chi connectivity index (χ0) is 16.0. The molecule has 0 heterocycles. The highest BCUT2D eigenvalue weighted by Gasteiger charge is 2.34. The van der Waals surface area contributed by atoms with Crippen molar-refractivity contribution in [2.24, 2.45) is 0 Å². The summed E-state index contributed by atoms with van der Waals surface area (Å²) < 4.78 is 5.58. The molecule has 0 amide bonds. The van der Waals surface area contributed by atoms with E-state index in [-0.39, 0.29) is 11.5 Å². The molecule has 1 atom stereocenters. The Bertz CT molecular complexity index is 588. The molecule has 116 valence electrons. The molecule has 0 saturated carbocycles. The van der Waals surface area contributed by atoms with Gasteiger partial charge >= 0.3 is 5.97 Å². The monoisotopic (exact) mass is 312 g/mol. The Balaban J connectivity index is 2.04. The Morgan fingerprint density at radius 2 is 1.41 bits per heavy atom. The second-order valence-electron chi connectivity index (χ2n) is 6.70. The van der Waals surface area contributed by atoms with Gasteiger partial charge in [-0.2, -0.15) is 0 Å². The highest BCUT2D eigenvalue weighted by molar-refractivity contribution is 6.80. The van der Waals surface area contributed by atoms with Crippen molar-refractivity contribution in [3.63, 3.8) is 0 Å². The van der Waals surface area contributed by atoms with Crippen LogP contribution in [0.25, 0.3) is 0 Å². The lowest BCUT2D eigenvalue weighted by molar-refractivity contribution is -0.145. The van der Waals surface area contributed by atoms with Crippen LogP contribution in [0.3, 0.4) is 0 Å². The van der Waals surface area contributed by atoms with Crippen LogP contribution in [0, 0.1) is 0 Å². The van der Waals surface area contributed by atoms with E-state index in [9.17, 15) is 4.79 Å². The molecule has 0 unspecified atom stereocenters. The SMILES string of the molecule is C[Si](C)(C)[C@@H](Cc1ccccc1)C(=O)OCc1ccccc1. The first-order valence-corrected chi connectivity index (χ1v) is 11.3. The number of rotatable bonds is 6. The Morgan fingerprint density at radius 1 is 0.909 bits per heavy atom. The van der Waals surface area contributed by atoms with Gasteiger partial charge in [-0.3, -0.25) is 4.79 Å².